The minimum Gasteiger partial charge on any atom is -0.247 e. The van der Waals surface area contributed by atoms with E-state index >= 15 is 0 Å². The van der Waals surface area contributed by atoms with E-state index in [1.165, 1.54) is 90.4 Å². The fraction of sp³-hybridized carbons (Fsp3) is 0.132. The highest BCUT2D eigenvalue weighted by atomic mass is 14.7. The van der Waals surface area contributed by atoms with Gasteiger partial charge in [0.05, 0.1) is 11.2 Å². The molecule has 9 rings (SSSR count). The van der Waals surface area contributed by atoms with Crippen LogP contribution in [0, 0.1) is 0 Å². The van der Waals surface area contributed by atoms with Gasteiger partial charge in [-0.05, 0) is 86.3 Å². The second-order valence-corrected chi connectivity index (χ2v) is 11.4. The summed E-state index contributed by atoms with van der Waals surface area (Å²) in [5.41, 5.74) is 9.31. The quantitative estimate of drug-likeness (QED) is 0.216. The minimum absolute atomic E-state index is 0.633. The first-order chi connectivity index (χ1) is 19.3. The van der Waals surface area contributed by atoms with Crippen molar-refractivity contribution in [2.45, 2.75) is 31.1 Å². The lowest BCUT2D eigenvalue weighted by atomic mass is 9.83. The highest BCUT2D eigenvalue weighted by molar-refractivity contribution is 6.26. The smallest absolute Gasteiger partial charge is 0.0797 e. The molecule has 0 spiro atoms. The van der Waals surface area contributed by atoms with Crippen LogP contribution < -0.4 is 0 Å². The molecule has 7 aromatic rings. The Labute approximate surface area is 227 Å². The second kappa shape index (κ2) is 8.01. The molecule has 2 aliphatic rings. The van der Waals surface area contributed by atoms with Gasteiger partial charge in [0.25, 0.3) is 0 Å². The first kappa shape index (κ1) is 21.4. The zero-order chi connectivity index (χ0) is 25.5. The second-order valence-electron chi connectivity index (χ2n) is 11.4. The lowest BCUT2D eigenvalue weighted by molar-refractivity contribution is 0.721. The highest BCUT2D eigenvalue weighted by Gasteiger charge is 2.41. The Morgan fingerprint density at radius 2 is 1.23 bits per heavy atom. The van der Waals surface area contributed by atoms with Gasteiger partial charge in [0.15, 0.2) is 0 Å². The highest BCUT2D eigenvalue weighted by Crippen LogP contribution is 2.58. The first-order valence-corrected chi connectivity index (χ1v) is 14.2. The maximum atomic E-state index is 5.54. The summed E-state index contributed by atoms with van der Waals surface area (Å²) in [5.74, 6) is 1.27. The van der Waals surface area contributed by atoms with Crippen LogP contribution in [0.3, 0.4) is 0 Å². The Morgan fingerprint density at radius 3 is 2.10 bits per heavy atom. The van der Waals surface area contributed by atoms with Crippen LogP contribution in [0.15, 0.2) is 115 Å². The Balaban J connectivity index is 1.42. The molecule has 6 aromatic carbocycles. The maximum absolute atomic E-state index is 5.54. The van der Waals surface area contributed by atoms with Crippen LogP contribution in [0.1, 0.15) is 42.2 Å². The first-order valence-electron chi connectivity index (χ1n) is 14.2. The molecule has 2 atom stereocenters. The van der Waals surface area contributed by atoms with E-state index in [1.807, 2.05) is 0 Å². The van der Waals surface area contributed by atoms with Crippen molar-refractivity contribution in [2.75, 3.05) is 0 Å². The van der Waals surface area contributed by atoms with E-state index in [1.54, 1.807) is 5.56 Å². The molecule has 2 unspecified atom stereocenters. The molecule has 1 saturated carbocycles. The van der Waals surface area contributed by atoms with Crippen LogP contribution in [0.5, 0.6) is 0 Å². The van der Waals surface area contributed by atoms with Gasteiger partial charge in [0, 0.05) is 16.3 Å². The van der Waals surface area contributed by atoms with Crippen LogP contribution >= 0.6 is 0 Å². The summed E-state index contributed by atoms with van der Waals surface area (Å²) in [6, 6.07) is 42.3. The van der Waals surface area contributed by atoms with Crippen molar-refractivity contribution in [1.29, 1.82) is 0 Å². The molecule has 0 amide bonds. The van der Waals surface area contributed by atoms with Gasteiger partial charge < -0.3 is 0 Å². The number of fused-ring (bicyclic) bond motifs is 13. The van der Waals surface area contributed by atoms with Crippen molar-refractivity contribution in [1.82, 2.24) is 4.98 Å². The fourth-order valence-electron chi connectivity index (χ4n) is 7.80. The summed E-state index contributed by atoms with van der Waals surface area (Å²) >= 11 is 0. The predicted molar refractivity (Wildman–Crippen MR) is 164 cm³/mol. The van der Waals surface area contributed by atoms with Crippen molar-refractivity contribution >= 4 is 43.2 Å². The molecule has 0 saturated heterocycles. The molecule has 0 radical (unpaired) electrons. The Kier molecular flexibility index (Phi) is 4.40. The van der Waals surface area contributed by atoms with E-state index < -0.39 is 0 Å². The number of hydrogen-bond donors (Lipinski definition) is 0. The summed E-state index contributed by atoms with van der Waals surface area (Å²) in [7, 11) is 0. The average Bonchev–Trinajstić information content (AvgIpc) is 3.64. The van der Waals surface area contributed by atoms with Gasteiger partial charge in [-0.2, -0.15) is 0 Å². The molecule has 39 heavy (non-hydrogen) atoms. The zero-order valence-corrected chi connectivity index (χ0v) is 21.7. The van der Waals surface area contributed by atoms with Crippen molar-refractivity contribution in [3.63, 3.8) is 0 Å². The molecule has 1 aromatic heterocycles. The number of pyridine rings is 1. The molecule has 1 heteroatoms. The molecule has 1 nitrogen and oxygen atoms in total. The molecule has 2 aliphatic carbocycles. The van der Waals surface area contributed by atoms with Gasteiger partial charge in [-0.15, -0.1) is 0 Å². The van der Waals surface area contributed by atoms with Gasteiger partial charge in [0.1, 0.15) is 0 Å². The van der Waals surface area contributed by atoms with Crippen LogP contribution in [0.2, 0.25) is 0 Å². The van der Waals surface area contributed by atoms with Gasteiger partial charge in [-0.3, -0.25) is 0 Å². The molecule has 184 valence electrons. The molecular formula is C38H27N. The van der Waals surface area contributed by atoms with Gasteiger partial charge >= 0.3 is 0 Å². The number of aromatic nitrogens is 1. The van der Waals surface area contributed by atoms with Gasteiger partial charge in [0.2, 0.25) is 0 Å². The number of rotatable bonds is 2. The number of nitrogens with zero attached hydrogens (tertiary/aromatic N) is 1. The topological polar surface area (TPSA) is 12.9 Å². The van der Waals surface area contributed by atoms with E-state index in [2.05, 4.69) is 115 Å². The Hall–Kier alpha value is -4.49. The largest absolute Gasteiger partial charge is 0.247 e. The van der Waals surface area contributed by atoms with Gasteiger partial charge in [-0.25, -0.2) is 4.98 Å². The third-order valence-electron chi connectivity index (χ3n) is 9.43. The van der Waals surface area contributed by atoms with Crippen LogP contribution in [0.4, 0.5) is 0 Å². The lowest BCUT2D eigenvalue weighted by Crippen LogP contribution is -2.05. The molecule has 1 fully saturated rings. The molecule has 1 heterocycles. The van der Waals surface area contributed by atoms with Crippen LogP contribution in [-0.4, -0.2) is 4.98 Å². The summed E-state index contributed by atoms with van der Waals surface area (Å²) < 4.78 is 0. The van der Waals surface area contributed by atoms with Crippen molar-refractivity contribution in [3.05, 3.63) is 126 Å². The molecule has 2 bridgehead atoms. The summed E-state index contributed by atoms with van der Waals surface area (Å²) in [6.07, 6.45) is 3.87. The molecule has 0 aliphatic heterocycles. The van der Waals surface area contributed by atoms with Crippen LogP contribution in [0.25, 0.3) is 65.6 Å². The SMILES string of the molecule is c1ccc(-c2nc3c4ccccc4c4cc(-c5cccc6ccccc56)ccc4c3c3c2C2CCC3C2)cc1. The predicted octanol–water partition coefficient (Wildman–Crippen LogP) is 10.4. The Morgan fingerprint density at radius 1 is 0.513 bits per heavy atom. The third-order valence-corrected chi connectivity index (χ3v) is 9.43. The average molecular weight is 498 g/mol. The van der Waals surface area contributed by atoms with Crippen molar-refractivity contribution in [2.24, 2.45) is 0 Å². The van der Waals surface area contributed by atoms with E-state index in [0.717, 1.165) is 0 Å². The lowest BCUT2D eigenvalue weighted by Gasteiger charge is -2.23. The number of benzene rings is 6. The van der Waals surface area contributed by atoms with E-state index in [-0.39, 0.29) is 0 Å². The zero-order valence-electron chi connectivity index (χ0n) is 21.7. The van der Waals surface area contributed by atoms with Crippen molar-refractivity contribution < 1.29 is 0 Å². The van der Waals surface area contributed by atoms with E-state index in [9.17, 15) is 0 Å². The monoisotopic (exact) mass is 497 g/mol. The third kappa shape index (κ3) is 2.99. The molecular weight excluding hydrogens is 470 g/mol. The summed E-state index contributed by atoms with van der Waals surface area (Å²) in [6.45, 7) is 0. The summed E-state index contributed by atoms with van der Waals surface area (Å²) in [5, 5.41) is 9.22. The number of hydrogen-bond acceptors (Lipinski definition) is 1. The van der Waals surface area contributed by atoms with Gasteiger partial charge in [-0.1, -0.05) is 109 Å². The molecule has 0 N–H and O–H groups in total. The Bertz CT molecular complexity index is 2100. The summed E-state index contributed by atoms with van der Waals surface area (Å²) in [4.78, 5) is 5.54. The van der Waals surface area contributed by atoms with E-state index in [4.69, 9.17) is 4.98 Å². The fourth-order valence-corrected chi connectivity index (χ4v) is 7.80. The standard InChI is InChI=1S/C38H27N/c1-2-10-24(11-3-1)37-35-27-18-17-26(21-27)34(35)36-31-20-19-25(29-16-8-12-23-9-4-5-13-28(23)29)22-33(31)30-14-6-7-15-32(30)38(36)39-37/h1-16,19-20,22,26-27H,17-18,21H2. The minimum atomic E-state index is 0.633. The van der Waals surface area contributed by atoms with Crippen molar-refractivity contribution in [3.8, 4) is 22.4 Å². The van der Waals surface area contributed by atoms with Crippen LogP contribution in [-0.2, 0) is 0 Å². The normalized spacial score (nSPS) is 17.9. The van der Waals surface area contributed by atoms with E-state index in [0.29, 0.717) is 11.8 Å². The maximum Gasteiger partial charge on any atom is 0.0797 e.